The van der Waals surface area contributed by atoms with E-state index in [-0.39, 0.29) is 0 Å². The number of morpholine rings is 2. The number of hydrogen-bond acceptors (Lipinski definition) is 7. The normalized spacial score (nSPS) is 21.7. The molecule has 1 aromatic rings. The molecule has 21 heavy (non-hydrogen) atoms. The monoisotopic (exact) mass is 348 g/mol. The number of aromatic nitrogens is 2. The highest BCUT2D eigenvalue weighted by molar-refractivity contribution is 7.75. The largest absolute Gasteiger partial charge is 0.379 e. The van der Waals surface area contributed by atoms with Crippen molar-refractivity contribution in [2.45, 2.75) is 13.3 Å². The smallest absolute Gasteiger partial charge is 0.179 e. The van der Waals surface area contributed by atoms with Gasteiger partial charge in [-0.3, -0.25) is 9.80 Å². The third kappa shape index (κ3) is 3.98. The Morgan fingerprint density at radius 3 is 1.52 bits per heavy atom. The first kappa shape index (κ1) is 15.7. The van der Waals surface area contributed by atoms with Gasteiger partial charge in [0.25, 0.3) is 0 Å². The van der Waals surface area contributed by atoms with Gasteiger partial charge in [-0.05, 0) is 24.4 Å². The van der Waals surface area contributed by atoms with E-state index in [0.29, 0.717) is 0 Å². The Morgan fingerprint density at radius 1 is 0.762 bits per heavy atom. The Hall–Kier alpha value is -0.160. The van der Waals surface area contributed by atoms with Crippen molar-refractivity contribution >= 4 is 35.8 Å². The van der Waals surface area contributed by atoms with Gasteiger partial charge in [-0.15, -0.1) is 0 Å². The van der Waals surface area contributed by atoms with E-state index in [1.54, 1.807) is 0 Å². The predicted molar refractivity (Wildman–Crippen MR) is 86.8 cm³/mol. The van der Waals surface area contributed by atoms with Crippen LogP contribution in [0.4, 0.5) is 0 Å². The molecule has 9 heteroatoms. The summed E-state index contributed by atoms with van der Waals surface area (Å²) in [6.45, 7) is 8.54. The van der Waals surface area contributed by atoms with E-state index in [9.17, 15) is 0 Å². The fourth-order valence-electron chi connectivity index (χ4n) is 2.51. The first-order valence-electron chi connectivity index (χ1n) is 7.15. The maximum atomic E-state index is 5.49. The van der Waals surface area contributed by atoms with Crippen LogP contribution in [0, 0.1) is 7.91 Å². The molecule has 0 atom stereocenters. The van der Waals surface area contributed by atoms with Gasteiger partial charge in [0.2, 0.25) is 0 Å². The molecule has 0 bridgehead atoms. The molecule has 0 aromatic carbocycles. The van der Waals surface area contributed by atoms with Crippen LogP contribution in [0.15, 0.2) is 0 Å². The molecule has 6 nitrogen and oxygen atoms in total. The fraction of sp³-hybridized carbons (Fsp3) is 0.833. The molecule has 118 valence electrons. The zero-order valence-electron chi connectivity index (χ0n) is 11.9. The summed E-state index contributed by atoms with van der Waals surface area (Å²) in [6, 6.07) is 0. The lowest BCUT2D eigenvalue weighted by Gasteiger charge is -2.30. The van der Waals surface area contributed by atoms with Gasteiger partial charge in [0.1, 0.15) is 0 Å². The Morgan fingerprint density at radius 2 is 1.14 bits per heavy atom. The second-order valence-corrected chi connectivity index (χ2v) is 7.44. The van der Waals surface area contributed by atoms with Crippen LogP contribution >= 0.6 is 35.8 Å². The van der Waals surface area contributed by atoms with Crippen molar-refractivity contribution in [2.75, 3.05) is 52.6 Å². The summed E-state index contributed by atoms with van der Waals surface area (Å²) in [6.07, 6.45) is 0. The third-order valence-corrected chi connectivity index (χ3v) is 5.46. The highest BCUT2D eigenvalue weighted by Gasteiger charge is 2.16. The molecule has 0 aliphatic carbocycles. The molecule has 0 radical (unpaired) electrons. The van der Waals surface area contributed by atoms with Crippen molar-refractivity contribution in [3.63, 3.8) is 0 Å². The maximum absolute atomic E-state index is 5.49. The van der Waals surface area contributed by atoms with Crippen LogP contribution in [0.2, 0.25) is 0 Å². The average Bonchev–Trinajstić information content (AvgIpc) is 2.76. The third-order valence-electron chi connectivity index (χ3n) is 3.76. The molecule has 3 heterocycles. The van der Waals surface area contributed by atoms with Crippen molar-refractivity contribution in [3.8, 4) is 0 Å². The van der Waals surface area contributed by atoms with Gasteiger partial charge >= 0.3 is 0 Å². The molecule has 2 fully saturated rings. The number of nitrogens with zero attached hydrogens (tertiary/aromatic N) is 4. The zero-order chi connectivity index (χ0) is 14.7. The molecular formula is C12H20N4O2S3. The molecule has 0 saturated carbocycles. The van der Waals surface area contributed by atoms with E-state index in [2.05, 4.69) is 19.2 Å². The summed E-state index contributed by atoms with van der Waals surface area (Å²) in [5, 5.41) is 0. The Bertz CT molecular complexity index is 521. The van der Waals surface area contributed by atoms with Crippen LogP contribution in [0.1, 0.15) is 0 Å². The van der Waals surface area contributed by atoms with Crippen molar-refractivity contribution in [1.82, 2.24) is 19.2 Å². The van der Waals surface area contributed by atoms with Gasteiger partial charge in [0.05, 0.1) is 39.8 Å². The van der Waals surface area contributed by atoms with Crippen LogP contribution in [0.5, 0.6) is 0 Å². The topological polar surface area (TPSA) is 34.8 Å². The highest BCUT2D eigenvalue weighted by Crippen LogP contribution is 2.12. The Labute approximate surface area is 138 Å². The first-order valence-corrected chi connectivity index (χ1v) is 8.78. The number of hydrogen-bond donors (Lipinski definition) is 0. The number of ether oxygens (including phenoxy) is 2. The summed E-state index contributed by atoms with van der Waals surface area (Å²) in [4.78, 5) is 4.72. The van der Waals surface area contributed by atoms with Gasteiger partial charge in [0, 0.05) is 26.2 Å². The van der Waals surface area contributed by atoms with Crippen molar-refractivity contribution < 1.29 is 9.47 Å². The first-order chi connectivity index (χ1) is 10.2. The van der Waals surface area contributed by atoms with E-state index in [1.165, 1.54) is 11.3 Å². The molecule has 2 aliphatic heterocycles. The van der Waals surface area contributed by atoms with Crippen molar-refractivity contribution in [3.05, 3.63) is 7.91 Å². The maximum Gasteiger partial charge on any atom is 0.179 e. The highest BCUT2D eigenvalue weighted by atomic mass is 32.2. The van der Waals surface area contributed by atoms with Gasteiger partial charge in [0.15, 0.2) is 7.91 Å². The number of rotatable bonds is 4. The van der Waals surface area contributed by atoms with Crippen LogP contribution in [-0.4, -0.2) is 71.8 Å². The molecule has 0 amide bonds. The van der Waals surface area contributed by atoms with Crippen LogP contribution < -0.4 is 0 Å². The lowest BCUT2D eigenvalue weighted by atomic mass is 10.4. The van der Waals surface area contributed by atoms with E-state index < -0.39 is 0 Å². The van der Waals surface area contributed by atoms with Gasteiger partial charge < -0.3 is 9.47 Å². The fourth-order valence-corrected chi connectivity index (χ4v) is 4.13. The van der Waals surface area contributed by atoms with Gasteiger partial charge in [-0.2, -0.15) is 0 Å². The standard InChI is InChI=1S/C12H20N4O2S3/c19-11-15(9-13-1-5-17-6-2-13)16(12(20)21-11)10-14-3-7-18-8-4-14/h1-10H2. The lowest BCUT2D eigenvalue weighted by Crippen LogP contribution is -2.41. The molecular weight excluding hydrogens is 328 g/mol. The lowest BCUT2D eigenvalue weighted by molar-refractivity contribution is 0.00489. The molecule has 2 saturated heterocycles. The summed E-state index contributed by atoms with van der Waals surface area (Å²) in [5.41, 5.74) is 0. The van der Waals surface area contributed by atoms with Crippen molar-refractivity contribution in [2.24, 2.45) is 0 Å². The Balaban J connectivity index is 1.75. The minimum absolute atomic E-state index is 0.791. The molecule has 1 aromatic heterocycles. The molecule has 0 N–H and O–H groups in total. The minimum atomic E-state index is 0.791. The summed E-state index contributed by atoms with van der Waals surface area (Å²) in [5.74, 6) is 0. The van der Waals surface area contributed by atoms with Gasteiger partial charge in [-0.1, -0.05) is 11.3 Å². The summed E-state index contributed by atoms with van der Waals surface area (Å²) >= 11 is 12.5. The predicted octanol–water partition coefficient (Wildman–Crippen LogP) is 1.39. The molecule has 0 spiro atoms. The second-order valence-electron chi connectivity index (χ2n) is 5.18. The molecule has 0 unspecified atom stereocenters. The van der Waals surface area contributed by atoms with Crippen LogP contribution in [0.25, 0.3) is 0 Å². The average molecular weight is 349 g/mol. The molecule has 3 rings (SSSR count). The van der Waals surface area contributed by atoms with E-state index in [0.717, 1.165) is 73.9 Å². The van der Waals surface area contributed by atoms with Crippen LogP contribution in [-0.2, 0) is 22.8 Å². The van der Waals surface area contributed by atoms with Gasteiger partial charge in [-0.25, -0.2) is 9.36 Å². The molecule has 2 aliphatic rings. The SMILES string of the molecule is S=c1sc(=S)n(CN2CCOCC2)n1CN1CCOCC1. The minimum Gasteiger partial charge on any atom is -0.379 e. The summed E-state index contributed by atoms with van der Waals surface area (Å²) in [7, 11) is 0. The van der Waals surface area contributed by atoms with E-state index in [1.807, 2.05) is 0 Å². The zero-order valence-corrected chi connectivity index (χ0v) is 14.4. The Kier molecular flexibility index (Phi) is 5.54. The summed E-state index contributed by atoms with van der Waals surface area (Å²) < 4.78 is 16.8. The quantitative estimate of drug-likeness (QED) is 0.765. The van der Waals surface area contributed by atoms with E-state index >= 15 is 0 Å². The van der Waals surface area contributed by atoms with E-state index in [4.69, 9.17) is 33.9 Å². The van der Waals surface area contributed by atoms with Crippen molar-refractivity contribution in [1.29, 1.82) is 0 Å². The van der Waals surface area contributed by atoms with Crippen LogP contribution in [0.3, 0.4) is 0 Å². The second kappa shape index (κ2) is 7.40.